The van der Waals surface area contributed by atoms with Gasteiger partial charge in [-0.1, -0.05) is 6.92 Å². The predicted molar refractivity (Wildman–Crippen MR) is 67.0 cm³/mol. The monoisotopic (exact) mass is 231 g/mol. The van der Waals surface area contributed by atoms with Crippen LogP contribution in [0.2, 0.25) is 0 Å². The number of hydrogen-bond acceptors (Lipinski definition) is 2. The molecule has 1 heterocycles. The number of nitriles is 1. The summed E-state index contributed by atoms with van der Waals surface area (Å²) in [7, 11) is 0. The van der Waals surface area contributed by atoms with Gasteiger partial charge in [0.1, 0.15) is 11.6 Å². The minimum absolute atomic E-state index is 0.146. The van der Waals surface area contributed by atoms with Crippen molar-refractivity contribution in [3.05, 3.63) is 29.6 Å². The Morgan fingerprint density at radius 3 is 2.88 bits per heavy atom. The van der Waals surface area contributed by atoms with E-state index in [1.807, 2.05) is 42.9 Å². The zero-order valence-corrected chi connectivity index (χ0v) is 10.2. The number of amides is 1. The Morgan fingerprint density at radius 1 is 1.59 bits per heavy atom. The van der Waals surface area contributed by atoms with Gasteiger partial charge < -0.3 is 9.88 Å². The summed E-state index contributed by atoms with van der Waals surface area (Å²) >= 11 is 0. The molecule has 1 aromatic heterocycles. The van der Waals surface area contributed by atoms with Crippen LogP contribution in [0.1, 0.15) is 25.8 Å². The van der Waals surface area contributed by atoms with Gasteiger partial charge in [0, 0.05) is 25.5 Å². The molecule has 0 radical (unpaired) electrons. The highest BCUT2D eigenvalue weighted by atomic mass is 16.1. The SMILES string of the molecule is CCCNC(=O)/C(C#N)=C/c1ccn(CC)c1. The van der Waals surface area contributed by atoms with Gasteiger partial charge in [-0.25, -0.2) is 0 Å². The van der Waals surface area contributed by atoms with E-state index in [2.05, 4.69) is 5.32 Å². The fourth-order valence-corrected chi connectivity index (χ4v) is 1.39. The highest BCUT2D eigenvalue weighted by molar-refractivity contribution is 6.01. The largest absolute Gasteiger partial charge is 0.354 e. The normalized spacial score (nSPS) is 11.0. The lowest BCUT2D eigenvalue weighted by molar-refractivity contribution is -0.117. The Labute approximate surface area is 102 Å². The second-order valence-corrected chi connectivity index (χ2v) is 3.70. The summed E-state index contributed by atoms with van der Waals surface area (Å²) in [6.07, 6.45) is 6.29. The number of carbonyl (C=O) groups excluding carboxylic acids is 1. The van der Waals surface area contributed by atoms with Crippen LogP contribution < -0.4 is 5.32 Å². The molecule has 0 aromatic carbocycles. The van der Waals surface area contributed by atoms with Crippen LogP contribution in [0.25, 0.3) is 6.08 Å². The first-order valence-corrected chi connectivity index (χ1v) is 5.77. The highest BCUT2D eigenvalue weighted by Gasteiger charge is 2.07. The van der Waals surface area contributed by atoms with E-state index < -0.39 is 0 Å². The predicted octanol–water partition coefficient (Wildman–Crippen LogP) is 1.94. The van der Waals surface area contributed by atoms with Crippen LogP contribution in [-0.4, -0.2) is 17.0 Å². The summed E-state index contributed by atoms with van der Waals surface area (Å²) in [5.74, 6) is -0.307. The Bertz CT molecular complexity index is 451. The molecule has 0 atom stereocenters. The number of hydrogen-bond donors (Lipinski definition) is 1. The van der Waals surface area contributed by atoms with E-state index in [0.29, 0.717) is 6.54 Å². The van der Waals surface area contributed by atoms with E-state index >= 15 is 0 Å². The molecule has 0 fully saturated rings. The first kappa shape index (κ1) is 13.0. The van der Waals surface area contributed by atoms with Crippen molar-refractivity contribution in [1.29, 1.82) is 5.26 Å². The molecule has 90 valence electrons. The van der Waals surface area contributed by atoms with Crippen molar-refractivity contribution in [3.8, 4) is 6.07 Å². The van der Waals surface area contributed by atoms with Crippen molar-refractivity contribution in [1.82, 2.24) is 9.88 Å². The molecule has 1 aromatic rings. The summed E-state index contributed by atoms with van der Waals surface area (Å²) in [6.45, 7) is 5.47. The third-order valence-corrected chi connectivity index (χ3v) is 2.35. The molecule has 0 spiro atoms. The highest BCUT2D eigenvalue weighted by Crippen LogP contribution is 2.07. The average molecular weight is 231 g/mol. The molecule has 0 aliphatic heterocycles. The minimum atomic E-state index is -0.307. The van der Waals surface area contributed by atoms with Crippen molar-refractivity contribution in [2.24, 2.45) is 0 Å². The smallest absolute Gasteiger partial charge is 0.261 e. The van der Waals surface area contributed by atoms with E-state index in [-0.39, 0.29) is 11.5 Å². The first-order chi connectivity index (χ1) is 8.21. The quantitative estimate of drug-likeness (QED) is 0.622. The molecule has 1 rings (SSSR count). The molecule has 0 aliphatic rings. The maximum Gasteiger partial charge on any atom is 0.261 e. The van der Waals surface area contributed by atoms with Gasteiger partial charge in [-0.15, -0.1) is 0 Å². The minimum Gasteiger partial charge on any atom is -0.354 e. The summed E-state index contributed by atoms with van der Waals surface area (Å²) < 4.78 is 1.99. The van der Waals surface area contributed by atoms with Gasteiger partial charge in [-0.05, 0) is 31.1 Å². The maximum absolute atomic E-state index is 11.6. The lowest BCUT2D eigenvalue weighted by Crippen LogP contribution is -2.25. The lowest BCUT2D eigenvalue weighted by Gasteiger charge is -2.00. The number of carbonyl (C=O) groups is 1. The van der Waals surface area contributed by atoms with Crippen LogP contribution in [0.15, 0.2) is 24.0 Å². The molecule has 1 amide bonds. The van der Waals surface area contributed by atoms with Gasteiger partial charge in [0.25, 0.3) is 5.91 Å². The number of aryl methyl sites for hydroxylation is 1. The van der Waals surface area contributed by atoms with Crippen molar-refractivity contribution >= 4 is 12.0 Å². The van der Waals surface area contributed by atoms with Crippen molar-refractivity contribution < 1.29 is 4.79 Å². The fraction of sp³-hybridized carbons (Fsp3) is 0.385. The van der Waals surface area contributed by atoms with Crippen LogP contribution in [0, 0.1) is 11.3 Å². The molecule has 0 aliphatic carbocycles. The first-order valence-electron chi connectivity index (χ1n) is 5.77. The second kappa shape index (κ2) is 6.54. The number of aromatic nitrogens is 1. The molecule has 17 heavy (non-hydrogen) atoms. The number of nitrogens with one attached hydrogen (secondary N) is 1. The van der Waals surface area contributed by atoms with Gasteiger partial charge in [0.05, 0.1) is 0 Å². The fourth-order valence-electron chi connectivity index (χ4n) is 1.39. The molecule has 0 bridgehead atoms. The average Bonchev–Trinajstić information content (AvgIpc) is 2.80. The van der Waals surface area contributed by atoms with Gasteiger partial charge in [-0.2, -0.15) is 5.26 Å². The summed E-state index contributed by atoms with van der Waals surface area (Å²) in [4.78, 5) is 11.6. The number of rotatable bonds is 5. The standard InChI is InChI=1S/C13H17N3O/c1-3-6-15-13(17)12(9-14)8-11-5-7-16(4-2)10-11/h5,7-8,10H,3-4,6H2,1-2H3,(H,15,17)/b12-8+. The summed E-state index contributed by atoms with van der Waals surface area (Å²) in [5.41, 5.74) is 1.02. The van der Waals surface area contributed by atoms with E-state index in [1.165, 1.54) is 0 Å². The van der Waals surface area contributed by atoms with Crippen LogP contribution in [0.5, 0.6) is 0 Å². The third-order valence-electron chi connectivity index (χ3n) is 2.35. The van der Waals surface area contributed by atoms with E-state index in [1.54, 1.807) is 6.08 Å². The van der Waals surface area contributed by atoms with E-state index in [9.17, 15) is 4.79 Å². The molecule has 0 unspecified atom stereocenters. The summed E-state index contributed by atoms with van der Waals surface area (Å²) in [5, 5.41) is 11.6. The van der Waals surface area contributed by atoms with Crippen molar-refractivity contribution in [2.75, 3.05) is 6.54 Å². The summed E-state index contributed by atoms with van der Waals surface area (Å²) in [6, 6.07) is 3.81. The van der Waals surface area contributed by atoms with Crippen LogP contribution in [-0.2, 0) is 11.3 Å². The van der Waals surface area contributed by atoms with Crippen LogP contribution >= 0.6 is 0 Å². The second-order valence-electron chi connectivity index (χ2n) is 3.70. The molecular formula is C13H17N3O. The topological polar surface area (TPSA) is 57.8 Å². The van der Waals surface area contributed by atoms with E-state index in [4.69, 9.17) is 5.26 Å². The van der Waals surface area contributed by atoms with Crippen molar-refractivity contribution in [2.45, 2.75) is 26.8 Å². The maximum atomic E-state index is 11.6. The number of nitrogens with zero attached hydrogens (tertiary/aromatic N) is 2. The zero-order valence-electron chi connectivity index (χ0n) is 10.2. The molecule has 0 saturated carbocycles. The molecular weight excluding hydrogens is 214 g/mol. The Balaban J connectivity index is 2.79. The van der Waals surface area contributed by atoms with Crippen molar-refractivity contribution in [3.63, 3.8) is 0 Å². The van der Waals surface area contributed by atoms with Gasteiger partial charge in [0.15, 0.2) is 0 Å². The van der Waals surface area contributed by atoms with E-state index in [0.717, 1.165) is 18.5 Å². The Kier molecular flexibility index (Phi) is 5.02. The molecule has 1 N–H and O–H groups in total. The Hall–Kier alpha value is -2.02. The third kappa shape index (κ3) is 3.80. The Morgan fingerprint density at radius 2 is 2.35 bits per heavy atom. The van der Waals surface area contributed by atoms with Gasteiger partial charge in [-0.3, -0.25) is 4.79 Å². The van der Waals surface area contributed by atoms with Crippen LogP contribution in [0.3, 0.4) is 0 Å². The molecule has 0 saturated heterocycles. The molecule has 4 heteroatoms. The molecule has 4 nitrogen and oxygen atoms in total. The van der Waals surface area contributed by atoms with Crippen LogP contribution in [0.4, 0.5) is 0 Å². The lowest BCUT2D eigenvalue weighted by atomic mass is 10.2. The van der Waals surface area contributed by atoms with Gasteiger partial charge in [0.2, 0.25) is 0 Å². The zero-order chi connectivity index (χ0) is 12.7. The van der Waals surface area contributed by atoms with Gasteiger partial charge >= 0.3 is 0 Å².